The molecule has 2 N–H and O–H groups in total. The van der Waals surface area contributed by atoms with Gasteiger partial charge in [-0.25, -0.2) is 0 Å². The molecule has 0 aliphatic heterocycles. The van der Waals surface area contributed by atoms with Crippen LogP contribution in [0.5, 0.6) is 0 Å². The molecule has 0 aromatic carbocycles. The van der Waals surface area contributed by atoms with Crippen LogP contribution in [0.3, 0.4) is 0 Å². The Hall–Kier alpha value is -0.160. The first-order valence-electron chi connectivity index (χ1n) is 10.3. The maximum Gasteiger partial charge on any atom is 0.0900 e. The number of hydrogen-bond acceptors (Lipinski definition) is 4. The summed E-state index contributed by atoms with van der Waals surface area (Å²) < 4.78 is 5.53. The quantitative estimate of drug-likeness (QED) is 0.348. The largest absolute Gasteiger partial charge is 0.395 e. The first kappa shape index (κ1) is 23.8. The van der Waals surface area contributed by atoms with Crippen LogP contribution in [0.2, 0.25) is 0 Å². The van der Waals surface area contributed by atoms with E-state index in [2.05, 4.69) is 6.92 Å². The Bertz CT molecular complexity index is 239. The average molecular weight is 346 g/mol. The number of ether oxygens (including phenoxy) is 1. The molecule has 146 valence electrons. The lowest BCUT2D eigenvalue weighted by Crippen LogP contribution is -2.33. The van der Waals surface area contributed by atoms with Crippen LogP contribution in [0.15, 0.2) is 0 Å². The summed E-state index contributed by atoms with van der Waals surface area (Å²) in [6.45, 7) is 4.69. The number of hydrogen-bond donors (Lipinski definition) is 2. The van der Waals surface area contributed by atoms with Gasteiger partial charge >= 0.3 is 0 Å². The zero-order chi connectivity index (χ0) is 17.9. The summed E-state index contributed by atoms with van der Waals surface area (Å²) in [5.74, 6) is 0. The smallest absolute Gasteiger partial charge is 0.0900 e. The molecule has 0 saturated carbocycles. The third kappa shape index (κ3) is 18.2. The Morgan fingerprint density at radius 1 is 0.833 bits per heavy atom. The van der Waals surface area contributed by atoms with Crippen molar-refractivity contribution < 1.29 is 14.9 Å². The van der Waals surface area contributed by atoms with Crippen LogP contribution in [0.1, 0.15) is 84.0 Å². The summed E-state index contributed by atoms with van der Waals surface area (Å²) in [4.78, 5) is 1.91. The molecular weight excluding hydrogens is 302 g/mol. The molecule has 0 aromatic heterocycles. The van der Waals surface area contributed by atoms with Gasteiger partial charge in [-0.15, -0.1) is 0 Å². The second-order valence-electron chi connectivity index (χ2n) is 7.10. The molecule has 0 radical (unpaired) electrons. The Morgan fingerprint density at radius 3 is 1.83 bits per heavy atom. The van der Waals surface area contributed by atoms with Crippen LogP contribution in [0.4, 0.5) is 0 Å². The Morgan fingerprint density at radius 2 is 1.33 bits per heavy atom. The van der Waals surface area contributed by atoms with E-state index in [1.165, 1.54) is 70.6 Å². The second-order valence-corrected chi connectivity index (χ2v) is 7.10. The van der Waals surface area contributed by atoms with Gasteiger partial charge in [0.15, 0.2) is 0 Å². The summed E-state index contributed by atoms with van der Waals surface area (Å²) in [5.41, 5.74) is 0. The van der Waals surface area contributed by atoms with Crippen LogP contribution in [-0.4, -0.2) is 61.2 Å². The summed E-state index contributed by atoms with van der Waals surface area (Å²) in [5, 5.41) is 18.6. The van der Waals surface area contributed by atoms with Crippen molar-refractivity contribution in [1.29, 1.82) is 0 Å². The fraction of sp³-hybridized carbons (Fsp3) is 1.00. The van der Waals surface area contributed by atoms with Crippen LogP contribution < -0.4 is 0 Å². The van der Waals surface area contributed by atoms with Crippen molar-refractivity contribution >= 4 is 0 Å². The predicted octanol–water partition coefficient (Wildman–Crippen LogP) is 3.99. The molecule has 0 amide bonds. The molecule has 4 nitrogen and oxygen atoms in total. The minimum Gasteiger partial charge on any atom is -0.395 e. The maximum atomic E-state index is 9.79. The van der Waals surface area contributed by atoms with Gasteiger partial charge in [-0.3, -0.25) is 0 Å². The van der Waals surface area contributed by atoms with Crippen LogP contribution in [-0.2, 0) is 4.74 Å². The Balaban J connectivity index is 3.14. The molecule has 1 atom stereocenters. The van der Waals surface area contributed by atoms with Crippen LogP contribution in [0.25, 0.3) is 0 Å². The van der Waals surface area contributed by atoms with Crippen molar-refractivity contribution in [3.8, 4) is 0 Å². The summed E-state index contributed by atoms with van der Waals surface area (Å²) >= 11 is 0. The van der Waals surface area contributed by atoms with Crippen LogP contribution in [0, 0.1) is 0 Å². The van der Waals surface area contributed by atoms with E-state index in [0.29, 0.717) is 19.7 Å². The molecule has 0 aromatic rings. The minimum absolute atomic E-state index is 0.128. The number of nitrogens with zero attached hydrogens (tertiary/aromatic N) is 1. The zero-order valence-electron chi connectivity index (χ0n) is 16.3. The highest BCUT2D eigenvalue weighted by atomic mass is 16.5. The summed E-state index contributed by atoms with van der Waals surface area (Å²) in [6, 6.07) is 0. The first-order valence-corrected chi connectivity index (χ1v) is 10.3. The Labute approximate surface area is 150 Å². The van der Waals surface area contributed by atoms with Gasteiger partial charge in [0.05, 0.1) is 19.3 Å². The number of likely N-dealkylation sites (N-methyl/N-ethyl adjacent to an activating group) is 1. The van der Waals surface area contributed by atoms with E-state index in [9.17, 15) is 5.11 Å². The average Bonchev–Trinajstić information content (AvgIpc) is 2.55. The first-order chi connectivity index (χ1) is 11.7. The van der Waals surface area contributed by atoms with Crippen molar-refractivity contribution in [2.45, 2.75) is 90.1 Å². The Kier molecular flexibility index (Phi) is 19.0. The highest BCUT2D eigenvalue weighted by molar-refractivity contribution is 4.60. The lowest BCUT2D eigenvalue weighted by Gasteiger charge is -2.19. The van der Waals surface area contributed by atoms with E-state index in [1.54, 1.807) is 0 Å². The van der Waals surface area contributed by atoms with Crippen molar-refractivity contribution in [3.05, 3.63) is 0 Å². The van der Waals surface area contributed by atoms with Crippen molar-refractivity contribution in [1.82, 2.24) is 4.90 Å². The highest BCUT2D eigenvalue weighted by Gasteiger charge is 2.07. The molecule has 1 unspecified atom stereocenters. The lowest BCUT2D eigenvalue weighted by molar-refractivity contribution is 0.0176. The van der Waals surface area contributed by atoms with Gasteiger partial charge in [-0.2, -0.15) is 0 Å². The zero-order valence-corrected chi connectivity index (χ0v) is 16.3. The fourth-order valence-electron chi connectivity index (χ4n) is 2.94. The summed E-state index contributed by atoms with van der Waals surface area (Å²) in [7, 11) is 1.89. The van der Waals surface area contributed by atoms with E-state index >= 15 is 0 Å². The minimum atomic E-state index is -0.459. The van der Waals surface area contributed by atoms with Gasteiger partial charge in [0.25, 0.3) is 0 Å². The van der Waals surface area contributed by atoms with E-state index in [-0.39, 0.29) is 6.61 Å². The molecule has 0 saturated heterocycles. The standard InChI is InChI=1S/C20H43NO3/c1-3-4-5-6-7-8-9-10-11-12-13-14-17-24-19-20(23)18-21(2)15-16-22/h20,22-23H,3-19H2,1-2H3. The number of rotatable bonds is 19. The lowest BCUT2D eigenvalue weighted by atomic mass is 10.1. The normalized spacial score (nSPS) is 12.9. The van der Waals surface area contributed by atoms with Crippen molar-refractivity contribution in [2.24, 2.45) is 0 Å². The SMILES string of the molecule is CCCCCCCCCCCCCCOCC(O)CN(C)CCO. The molecule has 4 heteroatoms. The fourth-order valence-corrected chi connectivity index (χ4v) is 2.94. The molecule has 0 aliphatic carbocycles. The third-order valence-electron chi connectivity index (χ3n) is 4.46. The van der Waals surface area contributed by atoms with Gasteiger partial charge in [-0.05, 0) is 13.5 Å². The molecule has 0 fully saturated rings. The topological polar surface area (TPSA) is 52.9 Å². The third-order valence-corrected chi connectivity index (χ3v) is 4.46. The van der Waals surface area contributed by atoms with Crippen molar-refractivity contribution in [3.63, 3.8) is 0 Å². The number of aliphatic hydroxyl groups excluding tert-OH is 2. The molecule has 0 heterocycles. The van der Waals surface area contributed by atoms with Gasteiger partial charge in [0.1, 0.15) is 0 Å². The van der Waals surface area contributed by atoms with Gasteiger partial charge in [0, 0.05) is 19.7 Å². The summed E-state index contributed by atoms with van der Waals surface area (Å²) in [6.07, 6.45) is 15.7. The molecule has 0 aliphatic rings. The second kappa shape index (κ2) is 19.2. The van der Waals surface area contributed by atoms with Gasteiger partial charge < -0.3 is 19.8 Å². The van der Waals surface area contributed by atoms with Crippen LogP contribution >= 0.6 is 0 Å². The monoisotopic (exact) mass is 345 g/mol. The van der Waals surface area contributed by atoms with E-state index in [1.807, 2.05) is 11.9 Å². The van der Waals surface area contributed by atoms with E-state index in [4.69, 9.17) is 9.84 Å². The van der Waals surface area contributed by atoms with Gasteiger partial charge in [0.2, 0.25) is 0 Å². The number of aliphatic hydroxyl groups is 2. The van der Waals surface area contributed by atoms with E-state index < -0.39 is 6.10 Å². The maximum absolute atomic E-state index is 9.79. The number of unbranched alkanes of at least 4 members (excludes halogenated alkanes) is 11. The van der Waals surface area contributed by atoms with Crippen molar-refractivity contribution in [2.75, 3.05) is 40.0 Å². The predicted molar refractivity (Wildman–Crippen MR) is 102 cm³/mol. The highest BCUT2D eigenvalue weighted by Crippen LogP contribution is 2.11. The van der Waals surface area contributed by atoms with Gasteiger partial charge in [-0.1, -0.05) is 77.6 Å². The molecular formula is C20H43NO3. The molecule has 0 rings (SSSR count). The molecule has 24 heavy (non-hydrogen) atoms. The van der Waals surface area contributed by atoms with E-state index in [0.717, 1.165) is 13.0 Å². The molecule has 0 bridgehead atoms. The molecule has 0 spiro atoms.